The molecule has 0 saturated carbocycles. The van der Waals surface area contributed by atoms with Crippen LogP contribution in [0, 0.1) is 12.8 Å². The maximum Gasteiger partial charge on any atom is 0.328 e. The lowest BCUT2D eigenvalue weighted by molar-refractivity contribution is 0.112. The molecule has 0 atom stereocenters. The number of nitrogens with zero attached hydrogens (tertiary/aromatic N) is 5. The van der Waals surface area contributed by atoms with E-state index < -0.39 is 0 Å². The second kappa shape index (κ2) is 9.05. The molecule has 170 valence electrons. The molecule has 0 spiro atoms. The first-order valence-corrected chi connectivity index (χ1v) is 11.5. The molecular weight excluding hydrogens is 416 g/mol. The highest BCUT2D eigenvalue weighted by atomic mass is 16.1. The van der Waals surface area contributed by atoms with Gasteiger partial charge in [-0.3, -0.25) is 13.9 Å². The van der Waals surface area contributed by atoms with E-state index in [1.54, 1.807) is 12.4 Å². The molecule has 1 aromatic carbocycles. The normalized spacial score (nSPS) is 14.8. The number of fused-ring (bicyclic) bond motifs is 1. The van der Waals surface area contributed by atoms with Crippen molar-refractivity contribution in [3.8, 4) is 0 Å². The molecular formula is C25H28N6O2. The number of rotatable bonds is 7. The molecule has 8 heteroatoms. The van der Waals surface area contributed by atoms with Crippen LogP contribution in [0.4, 0.5) is 5.95 Å². The lowest BCUT2D eigenvalue weighted by atomic mass is 9.97. The minimum absolute atomic E-state index is 0.0581. The molecule has 1 saturated heterocycles. The van der Waals surface area contributed by atoms with E-state index >= 15 is 0 Å². The number of hydrogen-bond acceptors (Lipinski definition) is 5. The van der Waals surface area contributed by atoms with Gasteiger partial charge < -0.3 is 9.88 Å². The van der Waals surface area contributed by atoms with Gasteiger partial charge in [-0.05, 0) is 43.7 Å². The average molecular weight is 445 g/mol. The lowest BCUT2D eigenvalue weighted by Gasteiger charge is -2.31. The number of para-hydroxylation sites is 1. The Labute approximate surface area is 191 Å². The SMILES string of the molecule is Cc1[nH]c2ccccc2c1CCn1ccn(CC2CCN(c3ncc(C=O)cn3)CC2)c1=O. The zero-order chi connectivity index (χ0) is 22.8. The van der Waals surface area contributed by atoms with Gasteiger partial charge in [-0.2, -0.15) is 0 Å². The first kappa shape index (κ1) is 21.2. The summed E-state index contributed by atoms with van der Waals surface area (Å²) in [7, 11) is 0. The first-order chi connectivity index (χ1) is 16.1. The molecule has 1 N–H and O–H groups in total. The smallest absolute Gasteiger partial charge is 0.328 e. The molecule has 8 nitrogen and oxygen atoms in total. The Morgan fingerprint density at radius 3 is 2.58 bits per heavy atom. The van der Waals surface area contributed by atoms with Gasteiger partial charge in [-0.15, -0.1) is 0 Å². The number of aryl methyl sites for hydroxylation is 3. The molecule has 0 unspecified atom stereocenters. The highest BCUT2D eigenvalue weighted by Crippen LogP contribution is 2.23. The number of piperidine rings is 1. The van der Waals surface area contributed by atoms with Crippen molar-refractivity contribution in [2.24, 2.45) is 5.92 Å². The standard InChI is InChI=1S/C25H28N6O2/c1-18-21(22-4-2-3-5-23(22)28-18)8-11-30-12-13-31(25(30)33)16-19-6-9-29(10-7-19)24-26-14-20(17-32)15-27-24/h2-5,12-15,17,19,28H,6-11,16H2,1H3. The van der Waals surface area contributed by atoms with Gasteiger partial charge in [-0.1, -0.05) is 18.2 Å². The molecule has 1 aliphatic heterocycles. The number of H-pyrrole nitrogens is 1. The summed E-state index contributed by atoms with van der Waals surface area (Å²) in [6.07, 6.45) is 10.5. The Hall–Kier alpha value is -3.68. The van der Waals surface area contributed by atoms with Gasteiger partial charge in [0.1, 0.15) is 0 Å². The predicted octanol–water partition coefficient (Wildman–Crippen LogP) is 3.20. The van der Waals surface area contributed by atoms with Gasteiger partial charge in [0.2, 0.25) is 5.95 Å². The summed E-state index contributed by atoms with van der Waals surface area (Å²) < 4.78 is 3.66. The van der Waals surface area contributed by atoms with E-state index in [-0.39, 0.29) is 5.69 Å². The van der Waals surface area contributed by atoms with Gasteiger partial charge in [0, 0.05) is 67.6 Å². The monoisotopic (exact) mass is 444 g/mol. The van der Waals surface area contributed by atoms with Crippen molar-refractivity contribution < 1.29 is 4.79 Å². The van der Waals surface area contributed by atoms with Crippen LogP contribution >= 0.6 is 0 Å². The van der Waals surface area contributed by atoms with Crippen LogP contribution in [-0.4, -0.2) is 43.5 Å². The fraction of sp³-hybridized carbons (Fsp3) is 0.360. The lowest BCUT2D eigenvalue weighted by Crippen LogP contribution is -2.37. The number of hydrogen-bond donors (Lipinski definition) is 1. The van der Waals surface area contributed by atoms with E-state index in [4.69, 9.17) is 0 Å². The van der Waals surface area contributed by atoms with E-state index in [2.05, 4.69) is 45.0 Å². The summed E-state index contributed by atoms with van der Waals surface area (Å²) in [6, 6.07) is 8.31. The van der Waals surface area contributed by atoms with Crippen molar-refractivity contribution in [2.45, 2.75) is 39.3 Å². The van der Waals surface area contributed by atoms with Gasteiger partial charge in [-0.25, -0.2) is 14.8 Å². The molecule has 1 aliphatic rings. The van der Waals surface area contributed by atoms with Crippen molar-refractivity contribution in [1.29, 1.82) is 0 Å². The molecule has 0 bridgehead atoms. The predicted molar refractivity (Wildman–Crippen MR) is 128 cm³/mol. The number of imidazole rings is 1. The molecule has 33 heavy (non-hydrogen) atoms. The Balaban J connectivity index is 1.19. The van der Waals surface area contributed by atoms with Crippen LogP contribution < -0.4 is 10.6 Å². The molecule has 0 radical (unpaired) electrons. The minimum Gasteiger partial charge on any atom is -0.358 e. The maximum absolute atomic E-state index is 13.0. The van der Waals surface area contributed by atoms with Crippen molar-refractivity contribution in [3.63, 3.8) is 0 Å². The zero-order valence-corrected chi connectivity index (χ0v) is 18.8. The van der Waals surface area contributed by atoms with E-state index in [1.807, 2.05) is 27.6 Å². The molecule has 0 amide bonds. The Morgan fingerprint density at radius 1 is 1.09 bits per heavy atom. The number of carbonyl (C=O) groups excluding carboxylic acids is 1. The summed E-state index contributed by atoms with van der Waals surface area (Å²) in [6.45, 7) is 5.19. The highest BCUT2D eigenvalue weighted by Gasteiger charge is 2.22. The third kappa shape index (κ3) is 4.33. The van der Waals surface area contributed by atoms with Crippen molar-refractivity contribution in [2.75, 3.05) is 18.0 Å². The average Bonchev–Trinajstić information content (AvgIpc) is 3.36. The zero-order valence-electron chi connectivity index (χ0n) is 18.8. The van der Waals surface area contributed by atoms with Crippen LogP contribution in [0.1, 0.15) is 34.5 Å². The summed E-state index contributed by atoms with van der Waals surface area (Å²) in [4.78, 5) is 37.9. The molecule has 4 aromatic rings. The quantitative estimate of drug-likeness (QED) is 0.442. The number of anilines is 1. The van der Waals surface area contributed by atoms with Gasteiger partial charge >= 0.3 is 5.69 Å². The van der Waals surface area contributed by atoms with E-state index in [1.165, 1.54) is 16.6 Å². The summed E-state index contributed by atoms with van der Waals surface area (Å²) in [5.41, 5.74) is 4.13. The summed E-state index contributed by atoms with van der Waals surface area (Å²) in [5.74, 6) is 1.11. The first-order valence-electron chi connectivity index (χ1n) is 11.5. The van der Waals surface area contributed by atoms with Crippen LogP contribution in [0.3, 0.4) is 0 Å². The minimum atomic E-state index is 0.0581. The summed E-state index contributed by atoms with van der Waals surface area (Å²) in [5, 5.41) is 1.24. The number of aromatic amines is 1. The second-order valence-corrected chi connectivity index (χ2v) is 8.82. The van der Waals surface area contributed by atoms with Crippen molar-refractivity contribution >= 4 is 23.1 Å². The summed E-state index contributed by atoms with van der Waals surface area (Å²) >= 11 is 0. The van der Waals surface area contributed by atoms with Gasteiger partial charge in [0.05, 0.1) is 5.56 Å². The van der Waals surface area contributed by atoms with E-state index in [0.29, 0.717) is 24.0 Å². The topological polar surface area (TPSA) is 88.8 Å². The van der Waals surface area contributed by atoms with Crippen LogP contribution in [-0.2, 0) is 19.5 Å². The Morgan fingerprint density at radius 2 is 1.82 bits per heavy atom. The van der Waals surface area contributed by atoms with E-state index in [9.17, 15) is 9.59 Å². The number of aldehydes is 1. The second-order valence-electron chi connectivity index (χ2n) is 8.82. The van der Waals surface area contributed by atoms with Crippen LogP contribution in [0.15, 0.2) is 53.8 Å². The third-order valence-corrected chi connectivity index (χ3v) is 6.69. The fourth-order valence-corrected chi connectivity index (χ4v) is 4.80. The van der Waals surface area contributed by atoms with Crippen LogP contribution in [0.25, 0.3) is 10.9 Å². The van der Waals surface area contributed by atoms with Crippen molar-refractivity contribution in [1.82, 2.24) is 24.1 Å². The largest absolute Gasteiger partial charge is 0.358 e. The molecule has 0 aliphatic carbocycles. The highest BCUT2D eigenvalue weighted by molar-refractivity contribution is 5.84. The molecule has 5 rings (SSSR count). The van der Waals surface area contributed by atoms with Crippen molar-refractivity contribution in [3.05, 3.63) is 76.4 Å². The molecule has 4 heterocycles. The van der Waals surface area contributed by atoms with E-state index in [0.717, 1.165) is 50.7 Å². The fourth-order valence-electron chi connectivity index (χ4n) is 4.80. The third-order valence-electron chi connectivity index (χ3n) is 6.69. The van der Waals surface area contributed by atoms with Gasteiger partial charge in [0.25, 0.3) is 0 Å². The Kier molecular flexibility index (Phi) is 5.81. The number of benzene rings is 1. The molecule has 3 aromatic heterocycles. The molecule has 1 fully saturated rings. The Bertz CT molecular complexity index is 1310. The number of carbonyl (C=O) groups is 1. The number of nitrogens with one attached hydrogen (secondary N) is 1. The van der Waals surface area contributed by atoms with Crippen LogP contribution in [0.2, 0.25) is 0 Å². The number of aromatic nitrogens is 5. The maximum atomic E-state index is 13.0. The van der Waals surface area contributed by atoms with Crippen LogP contribution in [0.5, 0.6) is 0 Å². The van der Waals surface area contributed by atoms with Gasteiger partial charge in [0.15, 0.2) is 6.29 Å².